The molecule has 0 heterocycles. The summed E-state index contributed by atoms with van der Waals surface area (Å²) in [5.74, 6) is 0. The molecule has 0 bridgehead atoms. The Morgan fingerprint density at radius 2 is 1.82 bits per heavy atom. The van der Waals surface area contributed by atoms with Crippen LogP contribution in [-0.4, -0.2) is 36.1 Å². The summed E-state index contributed by atoms with van der Waals surface area (Å²) < 4.78 is 5.12. The van der Waals surface area contributed by atoms with Crippen LogP contribution >= 0.6 is 0 Å². The summed E-state index contributed by atoms with van der Waals surface area (Å²) in [4.78, 5) is 1.86. The minimum atomic E-state index is -0.718. The number of hydrogen-bond donors (Lipinski definition) is 1. The monoisotopic (exact) mass is 161 g/mol. The Kier molecular flexibility index (Phi) is 6.51. The maximum absolute atomic E-state index is 9.34. The van der Waals surface area contributed by atoms with Gasteiger partial charge in [-0.3, -0.25) is 4.90 Å². The average molecular weight is 161 g/mol. The summed E-state index contributed by atoms with van der Waals surface area (Å²) in [5.41, 5.74) is 0. The lowest BCUT2D eigenvalue weighted by molar-refractivity contribution is -0.190. The van der Waals surface area contributed by atoms with E-state index in [9.17, 15) is 5.11 Å². The van der Waals surface area contributed by atoms with Crippen molar-refractivity contribution in [2.24, 2.45) is 0 Å². The standard InChI is InChI=1S/C8H19NO2/c1-4-7-11-8(10)9(5-2)6-3/h8,10H,4-7H2,1-3H3/t8-/m0/s1. The highest BCUT2D eigenvalue weighted by atomic mass is 16.6. The first-order valence-electron chi connectivity index (χ1n) is 4.29. The van der Waals surface area contributed by atoms with Crippen LogP contribution in [0.15, 0.2) is 0 Å². The summed E-state index contributed by atoms with van der Waals surface area (Å²) in [5, 5.41) is 9.34. The predicted octanol–water partition coefficient (Wildman–Crippen LogP) is 1.03. The van der Waals surface area contributed by atoms with Gasteiger partial charge in [0.25, 0.3) is 0 Å². The van der Waals surface area contributed by atoms with Crippen LogP contribution in [0.5, 0.6) is 0 Å². The van der Waals surface area contributed by atoms with Crippen LogP contribution in [0.2, 0.25) is 0 Å². The molecule has 0 aliphatic heterocycles. The molecule has 0 amide bonds. The molecule has 0 aromatic heterocycles. The van der Waals surface area contributed by atoms with Crippen LogP contribution in [0.1, 0.15) is 27.2 Å². The fourth-order valence-corrected chi connectivity index (χ4v) is 0.865. The molecule has 0 aliphatic carbocycles. The zero-order chi connectivity index (χ0) is 8.69. The van der Waals surface area contributed by atoms with Gasteiger partial charge in [-0.05, 0) is 19.5 Å². The van der Waals surface area contributed by atoms with Crippen LogP contribution < -0.4 is 0 Å². The van der Waals surface area contributed by atoms with Crippen LogP contribution in [0, 0.1) is 0 Å². The predicted molar refractivity (Wildman–Crippen MR) is 45.2 cm³/mol. The molecule has 0 aromatic rings. The molecule has 3 heteroatoms. The summed E-state index contributed by atoms with van der Waals surface area (Å²) in [7, 11) is 0. The van der Waals surface area contributed by atoms with E-state index in [1.54, 1.807) is 0 Å². The van der Waals surface area contributed by atoms with E-state index in [0.717, 1.165) is 19.5 Å². The lowest BCUT2D eigenvalue weighted by atomic mass is 10.5. The van der Waals surface area contributed by atoms with Crippen LogP contribution in [-0.2, 0) is 4.74 Å². The molecule has 0 saturated carbocycles. The first kappa shape index (κ1) is 10.9. The zero-order valence-corrected chi connectivity index (χ0v) is 7.71. The molecule has 0 aromatic carbocycles. The second kappa shape index (κ2) is 6.58. The second-order valence-corrected chi connectivity index (χ2v) is 2.42. The quantitative estimate of drug-likeness (QED) is 0.591. The van der Waals surface area contributed by atoms with Gasteiger partial charge in [-0.15, -0.1) is 0 Å². The van der Waals surface area contributed by atoms with Gasteiger partial charge in [0.2, 0.25) is 6.41 Å². The summed E-state index contributed by atoms with van der Waals surface area (Å²) in [6.07, 6.45) is 0.225. The van der Waals surface area contributed by atoms with Gasteiger partial charge < -0.3 is 9.84 Å². The maximum Gasteiger partial charge on any atom is 0.216 e. The molecule has 0 fully saturated rings. The van der Waals surface area contributed by atoms with E-state index in [-0.39, 0.29) is 0 Å². The number of aliphatic hydroxyl groups is 1. The lowest BCUT2D eigenvalue weighted by Gasteiger charge is -2.24. The highest BCUT2D eigenvalue weighted by molar-refractivity contribution is 4.47. The number of nitrogens with zero attached hydrogens (tertiary/aromatic N) is 1. The van der Waals surface area contributed by atoms with E-state index >= 15 is 0 Å². The molecule has 0 rings (SSSR count). The molecular formula is C8H19NO2. The number of ether oxygens (including phenoxy) is 1. The number of hydrogen-bond acceptors (Lipinski definition) is 3. The van der Waals surface area contributed by atoms with Crippen molar-refractivity contribution in [1.29, 1.82) is 0 Å². The van der Waals surface area contributed by atoms with Gasteiger partial charge in [0, 0.05) is 0 Å². The van der Waals surface area contributed by atoms with E-state index in [2.05, 4.69) is 0 Å². The first-order valence-corrected chi connectivity index (χ1v) is 4.29. The van der Waals surface area contributed by atoms with Crippen molar-refractivity contribution in [1.82, 2.24) is 4.90 Å². The summed E-state index contributed by atoms with van der Waals surface area (Å²) >= 11 is 0. The van der Waals surface area contributed by atoms with Gasteiger partial charge in [0.1, 0.15) is 0 Å². The third-order valence-corrected chi connectivity index (χ3v) is 1.60. The van der Waals surface area contributed by atoms with Gasteiger partial charge >= 0.3 is 0 Å². The summed E-state index contributed by atoms with van der Waals surface area (Å²) in [6, 6.07) is 0. The van der Waals surface area contributed by atoms with Crippen molar-refractivity contribution in [3.05, 3.63) is 0 Å². The van der Waals surface area contributed by atoms with Crippen LogP contribution in [0.25, 0.3) is 0 Å². The van der Waals surface area contributed by atoms with Gasteiger partial charge in [-0.2, -0.15) is 0 Å². The Morgan fingerprint density at radius 3 is 2.18 bits per heavy atom. The molecule has 3 nitrogen and oxygen atoms in total. The minimum Gasteiger partial charge on any atom is -0.356 e. The van der Waals surface area contributed by atoms with Crippen molar-refractivity contribution in [3.63, 3.8) is 0 Å². The molecule has 68 valence electrons. The fourth-order valence-electron chi connectivity index (χ4n) is 0.865. The molecule has 1 N–H and O–H groups in total. The summed E-state index contributed by atoms with van der Waals surface area (Å²) in [6.45, 7) is 8.29. The van der Waals surface area contributed by atoms with Crippen LogP contribution in [0.3, 0.4) is 0 Å². The van der Waals surface area contributed by atoms with E-state index in [1.807, 2.05) is 25.7 Å². The molecule has 0 aliphatic rings. The van der Waals surface area contributed by atoms with Crippen molar-refractivity contribution in [2.75, 3.05) is 19.7 Å². The molecule has 11 heavy (non-hydrogen) atoms. The normalized spacial score (nSPS) is 13.9. The SMILES string of the molecule is CCCO[C@H](O)N(CC)CC. The molecule has 0 spiro atoms. The third-order valence-electron chi connectivity index (χ3n) is 1.60. The Morgan fingerprint density at radius 1 is 1.27 bits per heavy atom. The van der Waals surface area contributed by atoms with Crippen LogP contribution in [0.4, 0.5) is 0 Å². The zero-order valence-electron chi connectivity index (χ0n) is 7.71. The second-order valence-electron chi connectivity index (χ2n) is 2.42. The fraction of sp³-hybridized carbons (Fsp3) is 1.00. The highest BCUT2D eigenvalue weighted by Crippen LogP contribution is 1.97. The van der Waals surface area contributed by atoms with Gasteiger partial charge in [-0.25, -0.2) is 0 Å². The Balaban J connectivity index is 3.51. The number of rotatable bonds is 6. The van der Waals surface area contributed by atoms with Crippen molar-refractivity contribution < 1.29 is 9.84 Å². The lowest BCUT2D eigenvalue weighted by Crippen LogP contribution is -2.37. The van der Waals surface area contributed by atoms with Gasteiger partial charge in [0.05, 0.1) is 6.61 Å². The largest absolute Gasteiger partial charge is 0.356 e. The van der Waals surface area contributed by atoms with E-state index in [1.165, 1.54) is 0 Å². The Bertz CT molecular complexity index is 84.2. The molecule has 0 radical (unpaired) electrons. The van der Waals surface area contributed by atoms with E-state index < -0.39 is 6.41 Å². The van der Waals surface area contributed by atoms with Gasteiger partial charge in [0.15, 0.2) is 0 Å². The Labute approximate surface area is 69.0 Å². The van der Waals surface area contributed by atoms with E-state index in [0.29, 0.717) is 6.61 Å². The average Bonchev–Trinajstić information content (AvgIpc) is 2.03. The smallest absolute Gasteiger partial charge is 0.216 e. The highest BCUT2D eigenvalue weighted by Gasteiger charge is 2.10. The third kappa shape index (κ3) is 4.35. The molecule has 0 unspecified atom stereocenters. The van der Waals surface area contributed by atoms with Crippen molar-refractivity contribution in [2.45, 2.75) is 33.6 Å². The Hall–Kier alpha value is -0.120. The first-order chi connectivity index (χ1) is 5.26. The molecule has 0 saturated heterocycles. The minimum absolute atomic E-state index is 0.623. The van der Waals surface area contributed by atoms with E-state index in [4.69, 9.17) is 4.74 Å². The maximum atomic E-state index is 9.34. The van der Waals surface area contributed by atoms with Crippen molar-refractivity contribution >= 4 is 0 Å². The topological polar surface area (TPSA) is 32.7 Å². The van der Waals surface area contributed by atoms with Gasteiger partial charge in [-0.1, -0.05) is 20.8 Å². The van der Waals surface area contributed by atoms with Crippen molar-refractivity contribution in [3.8, 4) is 0 Å². The molecule has 1 atom stereocenters. The molecular weight excluding hydrogens is 142 g/mol. The number of aliphatic hydroxyl groups excluding tert-OH is 1.